The number of fused-ring (bicyclic) bond motifs is 1. The number of esters is 1. The first-order chi connectivity index (χ1) is 12.0. The lowest BCUT2D eigenvalue weighted by Gasteiger charge is -2.11. The van der Waals surface area contributed by atoms with E-state index in [1.165, 1.54) is 13.2 Å². The highest BCUT2D eigenvalue weighted by atomic mass is 35.5. The minimum atomic E-state index is -0.414. The van der Waals surface area contributed by atoms with Gasteiger partial charge < -0.3 is 14.8 Å². The molecule has 3 rings (SSSR count). The van der Waals surface area contributed by atoms with E-state index < -0.39 is 5.91 Å². The van der Waals surface area contributed by atoms with Crippen molar-refractivity contribution >= 4 is 46.5 Å². The number of thiocarbonyl (C=S) groups is 1. The highest BCUT2D eigenvalue weighted by molar-refractivity contribution is 7.80. The average molecular weight is 377 g/mol. The van der Waals surface area contributed by atoms with Crippen molar-refractivity contribution in [3.05, 3.63) is 58.1 Å². The summed E-state index contributed by atoms with van der Waals surface area (Å²) in [6, 6.07) is 9.82. The number of hydrogen-bond donors (Lipinski definition) is 2. The lowest BCUT2D eigenvalue weighted by Crippen LogP contribution is -2.34. The molecular weight excluding hydrogens is 364 g/mol. The van der Waals surface area contributed by atoms with Crippen molar-refractivity contribution < 1.29 is 19.1 Å². The fourth-order valence-electron chi connectivity index (χ4n) is 2.34. The number of ether oxygens (including phenoxy) is 2. The number of rotatable bonds is 3. The summed E-state index contributed by atoms with van der Waals surface area (Å²) in [4.78, 5) is 23.8. The number of cyclic esters (lactones) is 1. The van der Waals surface area contributed by atoms with Crippen molar-refractivity contribution in [2.45, 2.75) is 6.61 Å². The molecule has 128 valence electrons. The zero-order valence-electron chi connectivity index (χ0n) is 13.1. The molecule has 0 spiro atoms. The van der Waals surface area contributed by atoms with Gasteiger partial charge in [-0.1, -0.05) is 17.7 Å². The summed E-state index contributed by atoms with van der Waals surface area (Å²) in [7, 11) is 1.49. The summed E-state index contributed by atoms with van der Waals surface area (Å²) < 4.78 is 9.99. The Bertz CT molecular complexity index is 885. The quantitative estimate of drug-likeness (QED) is 0.633. The molecule has 1 aliphatic rings. The van der Waals surface area contributed by atoms with Crippen LogP contribution in [0, 0.1) is 0 Å². The van der Waals surface area contributed by atoms with Crippen LogP contribution in [-0.4, -0.2) is 24.1 Å². The molecule has 0 saturated heterocycles. The van der Waals surface area contributed by atoms with Crippen LogP contribution in [0.5, 0.6) is 5.75 Å². The molecule has 1 heterocycles. The summed E-state index contributed by atoms with van der Waals surface area (Å²) in [5.74, 6) is -0.312. The predicted octanol–water partition coefficient (Wildman–Crippen LogP) is 3.15. The van der Waals surface area contributed by atoms with Gasteiger partial charge in [0, 0.05) is 16.8 Å². The Morgan fingerprint density at radius 1 is 1.28 bits per heavy atom. The summed E-state index contributed by atoms with van der Waals surface area (Å²) >= 11 is 11.1. The Hall–Kier alpha value is -2.64. The second-order valence-corrected chi connectivity index (χ2v) is 6.02. The summed E-state index contributed by atoms with van der Waals surface area (Å²) in [6.45, 7) is 0.272. The molecule has 1 aliphatic heterocycles. The minimum absolute atomic E-state index is 0.100. The molecule has 6 nitrogen and oxygen atoms in total. The molecule has 0 fully saturated rings. The van der Waals surface area contributed by atoms with Crippen LogP contribution in [-0.2, 0) is 11.3 Å². The molecule has 2 aromatic rings. The molecule has 0 aliphatic carbocycles. The van der Waals surface area contributed by atoms with Gasteiger partial charge in [0.2, 0.25) is 0 Å². The zero-order valence-corrected chi connectivity index (χ0v) is 14.7. The van der Waals surface area contributed by atoms with E-state index in [1.807, 2.05) is 0 Å². The Morgan fingerprint density at radius 3 is 2.80 bits per heavy atom. The Morgan fingerprint density at radius 2 is 2.08 bits per heavy atom. The van der Waals surface area contributed by atoms with Crippen LogP contribution in [0.2, 0.25) is 5.02 Å². The molecule has 25 heavy (non-hydrogen) atoms. The molecule has 8 heteroatoms. The molecule has 0 saturated carbocycles. The molecule has 0 aromatic heterocycles. The third kappa shape index (κ3) is 3.72. The number of hydrogen-bond acceptors (Lipinski definition) is 5. The lowest BCUT2D eigenvalue weighted by atomic mass is 10.1. The molecule has 0 bridgehead atoms. The number of carbonyl (C=O) groups excluding carboxylic acids is 2. The molecular formula is C17H13ClN2O4S. The lowest BCUT2D eigenvalue weighted by molar-refractivity contribution is 0.0535. The van der Waals surface area contributed by atoms with Crippen molar-refractivity contribution in [1.82, 2.24) is 5.32 Å². The van der Waals surface area contributed by atoms with Crippen LogP contribution in [0.4, 0.5) is 5.69 Å². The summed E-state index contributed by atoms with van der Waals surface area (Å²) in [5, 5.41) is 5.84. The smallest absolute Gasteiger partial charge is 0.338 e. The first-order valence-electron chi connectivity index (χ1n) is 7.24. The third-order valence-electron chi connectivity index (χ3n) is 3.59. The number of methoxy groups -OCH3 is 1. The van der Waals surface area contributed by atoms with Gasteiger partial charge in [0.25, 0.3) is 5.91 Å². The first kappa shape index (κ1) is 17.2. The van der Waals surface area contributed by atoms with Crippen LogP contribution < -0.4 is 15.4 Å². The highest BCUT2D eigenvalue weighted by Crippen LogP contribution is 2.25. The number of nitrogens with one attached hydrogen (secondary N) is 2. The minimum Gasteiger partial charge on any atom is -0.495 e. The zero-order chi connectivity index (χ0) is 18.0. The van der Waals surface area contributed by atoms with Gasteiger partial charge in [-0.2, -0.15) is 0 Å². The van der Waals surface area contributed by atoms with E-state index >= 15 is 0 Å². The van der Waals surface area contributed by atoms with E-state index in [0.29, 0.717) is 27.6 Å². The molecule has 2 N–H and O–H groups in total. The first-order valence-corrected chi connectivity index (χ1v) is 8.02. The van der Waals surface area contributed by atoms with E-state index in [4.69, 9.17) is 33.3 Å². The molecule has 2 aromatic carbocycles. The topological polar surface area (TPSA) is 76.7 Å². The number of halogens is 1. The van der Waals surface area contributed by atoms with Gasteiger partial charge in [0.1, 0.15) is 12.4 Å². The van der Waals surface area contributed by atoms with E-state index in [1.54, 1.807) is 30.3 Å². The molecule has 0 atom stereocenters. The van der Waals surface area contributed by atoms with Gasteiger partial charge in [-0.15, -0.1) is 0 Å². The van der Waals surface area contributed by atoms with E-state index in [2.05, 4.69) is 10.6 Å². The number of anilines is 1. The maximum atomic E-state index is 12.2. The third-order valence-corrected chi connectivity index (χ3v) is 4.09. The van der Waals surface area contributed by atoms with Crippen molar-refractivity contribution in [1.29, 1.82) is 0 Å². The van der Waals surface area contributed by atoms with Gasteiger partial charge in [0.05, 0.1) is 17.7 Å². The second kappa shape index (κ2) is 7.08. The molecule has 1 amide bonds. The molecule has 0 unspecified atom stereocenters. The summed E-state index contributed by atoms with van der Waals surface area (Å²) in [5.41, 5.74) is 2.22. The largest absolute Gasteiger partial charge is 0.495 e. The number of benzene rings is 2. The van der Waals surface area contributed by atoms with Crippen molar-refractivity contribution in [3.63, 3.8) is 0 Å². The number of carbonyl (C=O) groups is 2. The van der Waals surface area contributed by atoms with E-state index in [-0.39, 0.29) is 17.7 Å². The fourth-order valence-corrected chi connectivity index (χ4v) is 2.80. The van der Waals surface area contributed by atoms with E-state index in [9.17, 15) is 9.59 Å². The maximum Gasteiger partial charge on any atom is 0.338 e. The molecule has 0 radical (unpaired) electrons. The summed E-state index contributed by atoms with van der Waals surface area (Å²) in [6.07, 6.45) is 0. The monoisotopic (exact) mass is 376 g/mol. The van der Waals surface area contributed by atoms with Gasteiger partial charge in [-0.3, -0.25) is 10.1 Å². The standard InChI is InChI=1S/C17H13ClN2O4S/c1-23-14-5-3-9(6-13(14)18)15(21)20-17(25)19-11-4-2-10-8-24-16(22)12(10)7-11/h2-7H,8H2,1H3,(H2,19,20,21,25). The van der Waals surface area contributed by atoms with Crippen LogP contribution in [0.1, 0.15) is 26.3 Å². The van der Waals surface area contributed by atoms with Crippen molar-refractivity contribution in [2.24, 2.45) is 0 Å². The van der Waals surface area contributed by atoms with Crippen molar-refractivity contribution in [3.8, 4) is 5.75 Å². The number of amides is 1. The van der Waals surface area contributed by atoms with Gasteiger partial charge in [0.15, 0.2) is 5.11 Å². The van der Waals surface area contributed by atoms with E-state index in [0.717, 1.165) is 5.56 Å². The SMILES string of the molecule is COc1ccc(C(=O)NC(=S)Nc2ccc3c(c2)C(=O)OC3)cc1Cl. The fraction of sp³-hybridized carbons (Fsp3) is 0.118. The van der Waals surface area contributed by atoms with Gasteiger partial charge in [-0.25, -0.2) is 4.79 Å². The Labute approximate surface area is 154 Å². The van der Waals surface area contributed by atoms with Gasteiger partial charge >= 0.3 is 5.97 Å². The maximum absolute atomic E-state index is 12.2. The Kier molecular flexibility index (Phi) is 4.87. The van der Waals surface area contributed by atoms with Gasteiger partial charge in [-0.05, 0) is 42.5 Å². The highest BCUT2D eigenvalue weighted by Gasteiger charge is 2.21. The van der Waals surface area contributed by atoms with Crippen LogP contribution in [0.25, 0.3) is 0 Å². The van der Waals surface area contributed by atoms with Crippen LogP contribution in [0.3, 0.4) is 0 Å². The van der Waals surface area contributed by atoms with Crippen LogP contribution >= 0.6 is 23.8 Å². The Balaban J connectivity index is 1.66. The van der Waals surface area contributed by atoms with Crippen molar-refractivity contribution in [2.75, 3.05) is 12.4 Å². The normalized spacial score (nSPS) is 12.2. The van der Waals surface area contributed by atoms with Crippen LogP contribution in [0.15, 0.2) is 36.4 Å². The second-order valence-electron chi connectivity index (χ2n) is 5.21. The average Bonchev–Trinajstić information content (AvgIpc) is 2.95. The predicted molar refractivity (Wildman–Crippen MR) is 97.3 cm³/mol.